The summed E-state index contributed by atoms with van der Waals surface area (Å²) < 4.78 is 4.57. The second-order valence-corrected chi connectivity index (χ2v) is 12.1. The Bertz CT molecular complexity index is 2830. The molecule has 48 heavy (non-hydrogen) atoms. The number of aromatic nitrogens is 5. The summed E-state index contributed by atoms with van der Waals surface area (Å²) in [4.78, 5) is 15.4. The molecule has 0 bridgehead atoms. The zero-order chi connectivity index (χ0) is 31.6. The first kappa shape index (κ1) is 26.6. The van der Waals surface area contributed by atoms with Crippen molar-refractivity contribution >= 4 is 54.4 Å². The van der Waals surface area contributed by atoms with E-state index in [9.17, 15) is 0 Å². The molecule has 0 aliphatic heterocycles. The van der Waals surface area contributed by atoms with Crippen molar-refractivity contribution in [3.05, 3.63) is 164 Å². The summed E-state index contributed by atoms with van der Waals surface area (Å²) in [5, 5.41) is 7.09. The van der Waals surface area contributed by atoms with Gasteiger partial charge in [0.25, 0.3) is 0 Å². The Morgan fingerprint density at radius 1 is 0.354 bits per heavy atom. The fourth-order valence-corrected chi connectivity index (χ4v) is 7.23. The van der Waals surface area contributed by atoms with Crippen molar-refractivity contribution in [1.82, 2.24) is 24.1 Å². The van der Waals surface area contributed by atoms with Crippen molar-refractivity contribution in [2.24, 2.45) is 0 Å². The van der Waals surface area contributed by atoms with Gasteiger partial charge in [-0.2, -0.15) is 9.97 Å². The molecule has 5 nitrogen and oxygen atoms in total. The maximum Gasteiger partial charge on any atom is 0.238 e. The zero-order valence-corrected chi connectivity index (χ0v) is 25.8. The van der Waals surface area contributed by atoms with E-state index < -0.39 is 0 Å². The topological polar surface area (TPSA) is 48.5 Å². The van der Waals surface area contributed by atoms with Crippen molar-refractivity contribution in [2.75, 3.05) is 0 Å². The molecular weight excluding hydrogens is 587 g/mol. The minimum atomic E-state index is 0.587. The lowest BCUT2D eigenvalue weighted by Crippen LogP contribution is -2.06. The van der Waals surface area contributed by atoms with Crippen LogP contribution in [-0.4, -0.2) is 24.1 Å². The number of rotatable bonds is 4. The molecule has 0 amide bonds. The van der Waals surface area contributed by atoms with Crippen LogP contribution in [0.1, 0.15) is 0 Å². The Labute approximate surface area is 276 Å². The van der Waals surface area contributed by atoms with Gasteiger partial charge in [0.15, 0.2) is 11.6 Å². The molecule has 0 saturated heterocycles. The fraction of sp³-hybridized carbons (Fsp3) is 0. The number of hydrogen-bond acceptors (Lipinski definition) is 3. The molecule has 0 aliphatic rings. The summed E-state index contributed by atoms with van der Waals surface area (Å²) in [5.41, 5.74) is 7.46. The Morgan fingerprint density at radius 3 is 1.60 bits per heavy atom. The van der Waals surface area contributed by atoms with Crippen LogP contribution in [0.3, 0.4) is 0 Å². The third kappa shape index (κ3) is 4.01. The van der Waals surface area contributed by atoms with Crippen LogP contribution in [0.5, 0.6) is 0 Å². The highest BCUT2D eigenvalue weighted by molar-refractivity contribution is 6.28. The molecule has 0 radical (unpaired) electrons. The smallest absolute Gasteiger partial charge is 0.238 e. The molecule has 0 aliphatic carbocycles. The normalized spacial score (nSPS) is 11.8. The Morgan fingerprint density at radius 2 is 0.896 bits per heavy atom. The highest BCUT2D eigenvalue weighted by atomic mass is 15.2. The van der Waals surface area contributed by atoms with Crippen LogP contribution in [0.2, 0.25) is 0 Å². The molecule has 0 atom stereocenters. The molecule has 0 spiro atoms. The van der Waals surface area contributed by atoms with Crippen LogP contribution in [-0.2, 0) is 0 Å². The Kier molecular flexibility index (Phi) is 5.81. The summed E-state index contributed by atoms with van der Waals surface area (Å²) in [6.45, 7) is 0. The van der Waals surface area contributed by atoms with Crippen LogP contribution < -0.4 is 0 Å². The van der Waals surface area contributed by atoms with E-state index in [1.165, 1.54) is 27.1 Å². The summed E-state index contributed by atoms with van der Waals surface area (Å²) in [7, 11) is 0. The quantitative estimate of drug-likeness (QED) is 0.198. The summed E-state index contributed by atoms with van der Waals surface area (Å²) >= 11 is 0. The van der Waals surface area contributed by atoms with E-state index in [-0.39, 0.29) is 0 Å². The summed E-state index contributed by atoms with van der Waals surface area (Å²) in [6.07, 6.45) is 0. The van der Waals surface area contributed by atoms with Gasteiger partial charge in [0.05, 0.1) is 22.1 Å². The predicted octanol–water partition coefficient (Wildman–Crippen LogP) is 10.6. The Balaban J connectivity index is 1.31. The molecule has 224 valence electrons. The van der Waals surface area contributed by atoms with Gasteiger partial charge < -0.3 is 4.57 Å². The van der Waals surface area contributed by atoms with Gasteiger partial charge in [0, 0.05) is 38.4 Å². The van der Waals surface area contributed by atoms with Gasteiger partial charge in [-0.15, -0.1) is 0 Å². The standard InChI is InChI=1S/C43H27N5/c1-3-14-29(15-4-1)41-44-42(31-24-23-28-13-7-8-16-30(28)27-31)46-43(45-41)48-36-22-12-10-20-34(36)40-38(48)26-25-37-39(40)33-19-9-11-21-35(33)47(37)32-17-5-2-6-18-32/h1-27H. The molecule has 3 heterocycles. The van der Waals surface area contributed by atoms with Crippen molar-refractivity contribution < 1.29 is 0 Å². The molecule has 0 fully saturated rings. The van der Waals surface area contributed by atoms with Crippen molar-refractivity contribution in [3.8, 4) is 34.4 Å². The summed E-state index contributed by atoms with van der Waals surface area (Å²) in [5.74, 6) is 1.86. The highest BCUT2D eigenvalue weighted by Crippen LogP contribution is 2.42. The van der Waals surface area contributed by atoms with Crippen molar-refractivity contribution in [1.29, 1.82) is 0 Å². The fourth-order valence-electron chi connectivity index (χ4n) is 7.23. The number of benzene rings is 7. The maximum atomic E-state index is 5.21. The van der Waals surface area contributed by atoms with Crippen LogP contribution in [0.25, 0.3) is 88.8 Å². The lowest BCUT2D eigenvalue weighted by atomic mass is 10.1. The Hall–Kier alpha value is -6.59. The van der Waals surface area contributed by atoms with Gasteiger partial charge in [0.2, 0.25) is 5.95 Å². The third-order valence-electron chi connectivity index (χ3n) is 9.35. The average Bonchev–Trinajstić information content (AvgIpc) is 3.68. The van der Waals surface area contributed by atoms with E-state index in [1.54, 1.807) is 0 Å². The predicted molar refractivity (Wildman–Crippen MR) is 197 cm³/mol. The van der Waals surface area contributed by atoms with E-state index in [2.05, 4.69) is 155 Å². The second-order valence-electron chi connectivity index (χ2n) is 12.1. The van der Waals surface area contributed by atoms with E-state index >= 15 is 0 Å². The minimum Gasteiger partial charge on any atom is -0.309 e. The SMILES string of the molecule is c1ccc(-c2nc(-c3ccc4ccccc4c3)nc(-n3c4ccccc4c4c5c6ccccc6n(-c6ccccc6)c5ccc43)n2)cc1. The molecule has 10 aromatic rings. The van der Waals surface area contributed by atoms with E-state index in [4.69, 9.17) is 15.0 Å². The first-order valence-corrected chi connectivity index (χ1v) is 16.1. The highest BCUT2D eigenvalue weighted by Gasteiger charge is 2.22. The van der Waals surface area contributed by atoms with Gasteiger partial charge in [-0.25, -0.2) is 4.98 Å². The molecule has 5 heteroatoms. The number of fused-ring (bicyclic) bond motifs is 8. The van der Waals surface area contributed by atoms with Crippen molar-refractivity contribution in [2.45, 2.75) is 0 Å². The van der Waals surface area contributed by atoms with Gasteiger partial charge in [-0.1, -0.05) is 121 Å². The third-order valence-corrected chi connectivity index (χ3v) is 9.35. The molecular formula is C43H27N5. The van der Waals surface area contributed by atoms with Gasteiger partial charge in [-0.05, 0) is 53.2 Å². The number of nitrogens with zero attached hydrogens (tertiary/aromatic N) is 5. The van der Waals surface area contributed by atoms with Crippen molar-refractivity contribution in [3.63, 3.8) is 0 Å². The zero-order valence-electron chi connectivity index (χ0n) is 25.8. The molecule has 10 rings (SSSR count). The van der Waals surface area contributed by atoms with E-state index in [1.807, 2.05) is 18.2 Å². The minimum absolute atomic E-state index is 0.587. The van der Waals surface area contributed by atoms with E-state index in [0.717, 1.165) is 44.1 Å². The second kappa shape index (κ2) is 10.5. The average molecular weight is 614 g/mol. The number of para-hydroxylation sites is 3. The maximum absolute atomic E-state index is 5.21. The summed E-state index contributed by atoms with van der Waals surface area (Å²) in [6, 6.07) is 57.3. The van der Waals surface area contributed by atoms with Crippen LogP contribution in [0, 0.1) is 0 Å². The largest absolute Gasteiger partial charge is 0.309 e. The van der Waals surface area contributed by atoms with Gasteiger partial charge >= 0.3 is 0 Å². The van der Waals surface area contributed by atoms with Crippen LogP contribution in [0.4, 0.5) is 0 Å². The molecule has 7 aromatic carbocycles. The first-order valence-electron chi connectivity index (χ1n) is 16.1. The molecule has 0 N–H and O–H groups in total. The van der Waals surface area contributed by atoms with Crippen LogP contribution in [0.15, 0.2) is 164 Å². The molecule has 0 saturated carbocycles. The lowest BCUT2D eigenvalue weighted by molar-refractivity contribution is 0.954. The lowest BCUT2D eigenvalue weighted by Gasteiger charge is -2.11. The first-order chi connectivity index (χ1) is 23.8. The van der Waals surface area contributed by atoms with Gasteiger partial charge in [0.1, 0.15) is 0 Å². The van der Waals surface area contributed by atoms with E-state index in [0.29, 0.717) is 17.6 Å². The number of hydrogen-bond donors (Lipinski definition) is 0. The van der Waals surface area contributed by atoms with Crippen LogP contribution >= 0.6 is 0 Å². The monoisotopic (exact) mass is 613 g/mol. The molecule has 0 unspecified atom stereocenters. The molecule has 3 aromatic heterocycles. The van der Waals surface area contributed by atoms with Gasteiger partial charge in [-0.3, -0.25) is 4.57 Å².